The Hall–Kier alpha value is -1.84. The fourth-order valence-electron chi connectivity index (χ4n) is 2.48. The van der Waals surface area contributed by atoms with E-state index in [9.17, 15) is 4.79 Å². The number of nitrogens with zero attached hydrogens (tertiary/aromatic N) is 2. The predicted octanol–water partition coefficient (Wildman–Crippen LogP) is 4.12. The lowest BCUT2D eigenvalue weighted by molar-refractivity contribution is 0.0697. The Morgan fingerprint density at radius 1 is 1.30 bits per heavy atom. The molecular weight excluding hydrogens is 252 g/mol. The molecule has 0 bridgehead atoms. The van der Waals surface area contributed by atoms with Gasteiger partial charge in [0.15, 0.2) is 0 Å². The van der Waals surface area contributed by atoms with Crippen LogP contribution < -0.4 is 0 Å². The molecule has 108 valence electrons. The van der Waals surface area contributed by atoms with E-state index >= 15 is 0 Å². The monoisotopic (exact) mass is 274 g/mol. The highest BCUT2D eigenvalue weighted by molar-refractivity contribution is 5.92. The maximum Gasteiger partial charge on any atom is 0.335 e. The van der Waals surface area contributed by atoms with Crippen LogP contribution in [-0.2, 0) is 0 Å². The largest absolute Gasteiger partial charge is 0.478 e. The van der Waals surface area contributed by atoms with E-state index in [0.29, 0.717) is 6.04 Å². The highest BCUT2D eigenvalue weighted by Crippen LogP contribution is 2.23. The first-order valence-electron chi connectivity index (χ1n) is 7.19. The summed E-state index contributed by atoms with van der Waals surface area (Å²) in [7, 11) is 0. The van der Waals surface area contributed by atoms with E-state index in [4.69, 9.17) is 5.11 Å². The van der Waals surface area contributed by atoms with Crippen molar-refractivity contribution in [1.29, 1.82) is 0 Å². The van der Waals surface area contributed by atoms with Gasteiger partial charge in [0, 0.05) is 6.04 Å². The molecule has 20 heavy (non-hydrogen) atoms. The average Bonchev–Trinajstić information content (AvgIpc) is 2.80. The smallest absolute Gasteiger partial charge is 0.335 e. The second-order valence-electron chi connectivity index (χ2n) is 5.83. The number of imidazole rings is 1. The van der Waals surface area contributed by atoms with Crippen molar-refractivity contribution in [3.05, 3.63) is 30.1 Å². The lowest BCUT2D eigenvalue weighted by atomic mass is 10.0. The number of benzene rings is 1. The van der Waals surface area contributed by atoms with Crippen molar-refractivity contribution in [1.82, 2.24) is 9.55 Å². The summed E-state index contributed by atoms with van der Waals surface area (Å²) in [6.07, 6.45) is 5.37. The van der Waals surface area contributed by atoms with Gasteiger partial charge in [0.05, 0.1) is 22.9 Å². The molecule has 0 aliphatic carbocycles. The van der Waals surface area contributed by atoms with Gasteiger partial charge in [-0.15, -0.1) is 0 Å². The molecule has 1 N–H and O–H groups in total. The van der Waals surface area contributed by atoms with E-state index in [-0.39, 0.29) is 5.56 Å². The Morgan fingerprint density at radius 2 is 2.05 bits per heavy atom. The van der Waals surface area contributed by atoms with E-state index in [0.717, 1.165) is 23.4 Å². The molecule has 1 aromatic carbocycles. The fraction of sp³-hybridized carbons (Fsp3) is 0.500. The van der Waals surface area contributed by atoms with Crippen LogP contribution in [0.1, 0.15) is 56.4 Å². The van der Waals surface area contributed by atoms with E-state index < -0.39 is 5.97 Å². The quantitative estimate of drug-likeness (QED) is 0.862. The number of aromatic nitrogens is 2. The third-order valence-corrected chi connectivity index (χ3v) is 3.70. The van der Waals surface area contributed by atoms with Gasteiger partial charge in [0.2, 0.25) is 0 Å². The van der Waals surface area contributed by atoms with Gasteiger partial charge < -0.3 is 9.67 Å². The molecule has 2 aromatic rings. The van der Waals surface area contributed by atoms with Crippen LogP contribution in [0.4, 0.5) is 0 Å². The van der Waals surface area contributed by atoms with Gasteiger partial charge in [-0.05, 0) is 37.5 Å². The number of fused-ring (bicyclic) bond motifs is 1. The molecule has 1 unspecified atom stereocenters. The first kappa shape index (κ1) is 14.6. The number of hydrogen-bond acceptors (Lipinski definition) is 2. The van der Waals surface area contributed by atoms with Crippen molar-refractivity contribution in [3.8, 4) is 0 Å². The van der Waals surface area contributed by atoms with E-state index in [2.05, 4.69) is 30.3 Å². The Bertz CT molecular complexity index is 602. The maximum absolute atomic E-state index is 11.0. The second-order valence-corrected chi connectivity index (χ2v) is 5.83. The van der Waals surface area contributed by atoms with Crippen LogP contribution in [0.2, 0.25) is 0 Å². The molecule has 0 aliphatic heterocycles. The fourth-order valence-corrected chi connectivity index (χ4v) is 2.48. The number of aromatic carboxylic acids is 1. The third kappa shape index (κ3) is 3.18. The summed E-state index contributed by atoms with van der Waals surface area (Å²) in [4.78, 5) is 15.3. The van der Waals surface area contributed by atoms with Gasteiger partial charge in [0.1, 0.15) is 0 Å². The van der Waals surface area contributed by atoms with Gasteiger partial charge in [-0.3, -0.25) is 0 Å². The first-order chi connectivity index (χ1) is 9.49. The summed E-state index contributed by atoms with van der Waals surface area (Å²) in [5.74, 6) is -0.175. The van der Waals surface area contributed by atoms with Crippen molar-refractivity contribution in [3.63, 3.8) is 0 Å². The van der Waals surface area contributed by atoms with Gasteiger partial charge in [0.25, 0.3) is 0 Å². The zero-order valence-corrected chi connectivity index (χ0v) is 12.3. The summed E-state index contributed by atoms with van der Waals surface area (Å²) in [6, 6.07) is 5.51. The van der Waals surface area contributed by atoms with Crippen molar-refractivity contribution < 1.29 is 9.90 Å². The Kier molecular flexibility index (Phi) is 4.42. The zero-order chi connectivity index (χ0) is 14.7. The number of rotatable bonds is 6. The highest BCUT2D eigenvalue weighted by Gasteiger charge is 2.11. The molecule has 0 aliphatic rings. The van der Waals surface area contributed by atoms with E-state index in [1.165, 1.54) is 12.8 Å². The number of carbonyl (C=O) groups is 1. The molecule has 0 saturated carbocycles. The van der Waals surface area contributed by atoms with Crippen LogP contribution in [0.15, 0.2) is 24.5 Å². The maximum atomic E-state index is 11.0. The molecule has 0 fully saturated rings. The molecule has 4 heteroatoms. The number of hydrogen-bond donors (Lipinski definition) is 1. The van der Waals surface area contributed by atoms with Crippen LogP contribution in [0.5, 0.6) is 0 Å². The molecule has 0 radical (unpaired) electrons. The molecule has 1 aromatic heterocycles. The van der Waals surface area contributed by atoms with Crippen molar-refractivity contribution in [2.45, 2.75) is 46.1 Å². The molecule has 2 rings (SSSR count). The second kappa shape index (κ2) is 6.07. The van der Waals surface area contributed by atoms with Crippen LogP contribution >= 0.6 is 0 Å². The Balaban J connectivity index is 2.16. The van der Waals surface area contributed by atoms with Crippen LogP contribution in [0.3, 0.4) is 0 Å². The SMILES string of the molecule is CC(C)CCCC(C)n1cnc2cc(C(=O)O)ccc21. The van der Waals surface area contributed by atoms with E-state index in [1.54, 1.807) is 12.1 Å². The summed E-state index contributed by atoms with van der Waals surface area (Å²) < 4.78 is 2.14. The molecule has 0 amide bonds. The minimum atomic E-state index is -0.911. The molecule has 4 nitrogen and oxygen atoms in total. The summed E-state index contributed by atoms with van der Waals surface area (Å²) in [5, 5.41) is 8.99. The van der Waals surface area contributed by atoms with Crippen molar-refractivity contribution in [2.24, 2.45) is 5.92 Å². The Morgan fingerprint density at radius 3 is 2.70 bits per heavy atom. The minimum absolute atomic E-state index is 0.287. The lowest BCUT2D eigenvalue weighted by Gasteiger charge is -2.15. The first-order valence-corrected chi connectivity index (χ1v) is 7.19. The number of carboxylic acids is 1. The molecule has 1 heterocycles. The van der Waals surface area contributed by atoms with E-state index in [1.807, 2.05) is 12.4 Å². The van der Waals surface area contributed by atoms with Crippen LogP contribution in [0, 0.1) is 5.92 Å². The van der Waals surface area contributed by atoms with Crippen LogP contribution in [-0.4, -0.2) is 20.6 Å². The third-order valence-electron chi connectivity index (χ3n) is 3.70. The minimum Gasteiger partial charge on any atom is -0.478 e. The standard InChI is InChI=1S/C16H22N2O2/c1-11(2)5-4-6-12(3)18-10-17-14-9-13(16(19)20)7-8-15(14)18/h7-12H,4-6H2,1-3H3,(H,19,20). The topological polar surface area (TPSA) is 55.1 Å². The average molecular weight is 274 g/mol. The Labute approximate surface area is 119 Å². The van der Waals surface area contributed by atoms with Crippen molar-refractivity contribution in [2.75, 3.05) is 0 Å². The predicted molar refractivity (Wildman–Crippen MR) is 80.1 cm³/mol. The highest BCUT2D eigenvalue weighted by atomic mass is 16.4. The molecule has 0 saturated heterocycles. The summed E-state index contributed by atoms with van der Waals surface area (Å²) in [6.45, 7) is 6.67. The molecule has 0 spiro atoms. The van der Waals surface area contributed by atoms with Gasteiger partial charge in [-0.2, -0.15) is 0 Å². The molecule has 1 atom stereocenters. The molecular formula is C16H22N2O2. The van der Waals surface area contributed by atoms with Gasteiger partial charge in [-0.1, -0.05) is 26.7 Å². The van der Waals surface area contributed by atoms with Gasteiger partial charge in [-0.25, -0.2) is 9.78 Å². The lowest BCUT2D eigenvalue weighted by Crippen LogP contribution is -2.04. The summed E-state index contributed by atoms with van der Waals surface area (Å²) in [5.41, 5.74) is 2.04. The summed E-state index contributed by atoms with van der Waals surface area (Å²) >= 11 is 0. The zero-order valence-electron chi connectivity index (χ0n) is 12.3. The normalized spacial score (nSPS) is 13.0. The van der Waals surface area contributed by atoms with Crippen molar-refractivity contribution >= 4 is 17.0 Å². The van der Waals surface area contributed by atoms with Gasteiger partial charge >= 0.3 is 5.97 Å². The number of carboxylic acid groups (broad SMARTS) is 1. The van der Waals surface area contributed by atoms with Crippen LogP contribution in [0.25, 0.3) is 11.0 Å².